The van der Waals surface area contributed by atoms with Gasteiger partial charge in [-0.1, -0.05) is 31.5 Å². The second-order valence-electron chi connectivity index (χ2n) is 5.78. The van der Waals surface area contributed by atoms with Gasteiger partial charge >= 0.3 is 0 Å². The Hall–Kier alpha value is -2.43. The van der Waals surface area contributed by atoms with Crippen LogP contribution in [0.2, 0.25) is 0 Å². The molecule has 0 fully saturated rings. The van der Waals surface area contributed by atoms with Gasteiger partial charge in [0.05, 0.1) is 11.9 Å². The number of nitrogens with one attached hydrogen (secondary N) is 1. The third-order valence-corrected chi connectivity index (χ3v) is 3.86. The molecular weight excluding hydrogens is 305 g/mol. The second-order valence-corrected chi connectivity index (χ2v) is 5.78. The Balaban J connectivity index is 1.85. The molecule has 0 saturated heterocycles. The highest BCUT2D eigenvalue weighted by Crippen LogP contribution is 2.10. The highest BCUT2D eigenvalue weighted by molar-refractivity contribution is 5.92. The first-order valence-electron chi connectivity index (χ1n) is 8.30. The number of halogens is 1. The lowest BCUT2D eigenvalue weighted by atomic mass is 10.1. The molecule has 0 spiro atoms. The maximum absolute atomic E-state index is 13.5. The Morgan fingerprint density at radius 2 is 2.04 bits per heavy atom. The number of nitrogens with zero attached hydrogens (tertiary/aromatic N) is 2. The van der Waals surface area contributed by atoms with E-state index < -0.39 is 0 Å². The number of benzene rings is 1. The fraction of sp³-hybridized carbons (Fsp3) is 0.368. The van der Waals surface area contributed by atoms with Crippen LogP contribution in [-0.4, -0.2) is 35.9 Å². The zero-order chi connectivity index (χ0) is 17.4. The molecule has 0 unspecified atom stereocenters. The molecule has 0 bridgehead atoms. The predicted molar refractivity (Wildman–Crippen MR) is 94.7 cm³/mol. The van der Waals surface area contributed by atoms with Crippen LogP contribution in [0.3, 0.4) is 0 Å². The Labute approximate surface area is 142 Å². The van der Waals surface area contributed by atoms with Gasteiger partial charge in [0.15, 0.2) is 0 Å². The first-order valence-corrected chi connectivity index (χ1v) is 8.30. The molecule has 2 aromatic rings. The van der Waals surface area contributed by atoms with Crippen LogP contribution in [0.15, 0.2) is 42.6 Å². The number of pyridine rings is 1. The van der Waals surface area contributed by atoms with Gasteiger partial charge in [-0.05, 0) is 36.6 Å². The minimum atomic E-state index is -0.187. The molecule has 1 amide bonds. The van der Waals surface area contributed by atoms with E-state index in [1.807, 2.05) is 12.1 Å². The molecule has 1 aromatic carbocycles. The number of anilines is 1. The summed E-state index contributed by atoms with van der Waals surface area (Å²) in [4.78, 5) is 18.1. The van der Waals surface area contributed by atoms with E-state index >= 15 is 0 Å². The van der Waals surface area contributed by atoms with Gasteiger partial charge in [0.1, 0.15) is 11.5 Å². The molecule has 0 radical (unpaired) electrons. The summed E-state index contributed by atoms with van der Waals surface area (Å²) in [5, 5.41) is 3.20. The Morgan fingerprint density at radius 1 is 1.25 bits per heavy atom. The molecule has 24 heavy (non-hydrogen) atoms. The minimum Gasteiger partial charge on any atom is -0.383 e. The quantitative estimate of drug-likeness (QED) is 0.802. The van der Waals surface area contributed by atoms with E-state index in [0.717, 1.165) is 25.1 Å². The summed E-state index contributed by atoms with van der Waals surface area (Å²) in [6, 6.07) is 10.3. The number of rotatable bonds is 8. The monoisotopic (exact) mass is 329 g/mol. The van der Waals surface area contributed by atoms with Gasteiger partial charge in [-0.3, -0.25) is 4.79 Å². The fourth-order valence-corrected chi connectivity index (χ4v) is 2.36. The Morgan fingerprint density at radius 3 is 2.71 bits per heavy atom. The zero-order valence-electron chi connectivity index (χ0n) is 14.3. The van der Waals surface area contributed by atoms with Crippen LogP contribution in [0, 0.1) is 5.82 Å². The summed E-state index contributed by atoms with van der Waals surface area (Å²) in [5.74, 6) is -0.255. The van der Waals surface area contributed by atoms with E-state index in [4.69, 9.17) is 0 Å². The maximum Gasteiger partial charge on any atom is 0.272 e. The molecule has 1 N–H and O–H groups in total. The van der Waals surface area contributed by atoms with Crippen LogP contribution in [-0.2, 0) is 6.42 Å². The Kier molecular flexibility index (Phi) is 6.73. The van der Waals surface area contributed by atoms with E-state index in [0.29, 0.717) is 24.2 Å². The van der Waals surface area contributed by atoms with Crippen molar-refractivity contribution in [1.82, 2.24) is 9.88 Å². The summed E-state index contributed by atoms with van der Waals surface area (Å²) in [7, 11) is 1.79. The molecular formula is C19H24FN3O. The number of carbonyl (C=O) groups excluding carboxylic acids is 1. The van der Waals surface area contributed by atoms with Gasteiger partial charge in [0, 0.05) is 20.1 Å². The SMILES string of the molecule is CCCCN(C)C(=O)c1ccc(NCCc2ccccc2F)cn1. The van der Waals surface area contributed by atoms with Crippen molar-refractivity contribution in [3.63, 3.8) is 0 Å². The third kappa shape index (κ3) is 5.05. The highest BCUT2D eigenvalue weighted by atomic mass is 19.1. The van der Waals surface area contributed by atoms with Crippen LogP contribution in [0.1, 0.15) is 35.8 Å². The summed E-state index contributed by atoms with van der Waals surface area (Å²) < 4.78 is 13.5. The fourth-order valence-electron chi connectivity index (χ4n) is 2.36. The summed E-state index contributed by atoms with van der Waals surface area (Å²) in [6.07, 6.45) is 4.27. The van der Waals surface area contributed by atoms with Gasteiger partial charge in [0.2, 0.25) is 0 Å². The number of unbranched alkanes of at least 4 members (excludes halogenated alkanes) is 1. The third-order valence-electron chi connectivity index (χ3n) is 3.86. The predicted octanol–water partition coefficient (Wildman–Crippen LogP) is 3.75. The molecule has 0 aliphatic carbocycles. The van der Waals surface area contributed by atoms with E-state index in [-0.39, 0.29) is 11.7 Å². The number of aromatic nitrogens is 1. The van der Waals surface area contributed by atoms with E-state index in [1.54, 1.807) is 36.3 Å². The van der Waals surface area contributed by atoms with Crippen molar-refractivity contribution in [2.45, 2.75) is 26.2 Å². The van der Waals surface area contributed by atoms with Crippen molar-refractivity contribution >= 4 is 11.6 Å². The molecule has 4 nitrogen and oxygen atoms in total. The highest BCUT2D eigenvalue weighted by Gasteiger charge is 2.12. The molecule has 2 rings (SSSR count). The summed E-state index contributed by atoms with van der Waals surface area (Å²) in [5.41, 5.74) is 1.94. The second kappa shape index (κ2) is 9.01. The maximum atomic E-state index is 13.5. The average Bonchev–Trinajstić information content (AvgIpc) is 2.61. The first kappa shape index (κ1) is 17.9. The molecule has 0 atom stereocenters. The molecule has 1 aromatic heterocycles. The van der Waals surface area contributed by atoms with Crippen LogP contribution < -0.4 is 5.32 Å². The lowest BCUT2D eigenvalue weighted by Crippen LogP contribution is -2.28. The molecule has 0 aliphatic heterocycles. The van der Waals surface area contributed by atoms with Gasteiger partial charge in [0.25, 0.3) is 5.91 Å². The molecule has 1 heterocycles. The van der Waals surface area contributed by atoms with E-state index in [1.165, 1.54) is 6.07 Å². The molecule has 0 saturated carbocycles. The van der Waals surface area contributed by atoms with Crippen LogP contribution in [0.5, 0.6) is 0 Å². The normalized spacial score (nSPS) is 10.5. The number of amides is 1. The van der Waals surface area contributed by atoms with Gasteiger partial charge in [-0.25, -0.2) is 9.37 Å². The van der Waals surface area contributed by atoms with E-state index in [2.05, 4.69) is 17.2 Å². The van der Waals surface area contributed by atoms with Crippen molar-refractivity contribution in [3.05, 3.63) is 59.7 Å². The molecule has 5 heteroatoms. The zero-order valence-corrected chi connectivity index (χ0v) is 14.3. The topological polar surface area (TPSA) is 45.2 Å². The van der Waals surface area contributed by atoms with E-state index in [9.17, 15) is 9.18 Å². The standard InChI is InChI=1S/C19H24FN3O/c1-3-4-13-23(2)19(24)18-10-9-16(14-22-18)21-12-11-15-7-5-6-8-17(15)20/h5-10,14,21H,3-4,11-13H2,1-2H3. The molecule has 0 aliphatic rings. The van der Waals surface area contributed by atoms with Crippen LogP contribution >= 0.6 is 0 Å². The van der Waals surface area contributed by atoms with Gasteiger partial charge < -0.3 is 10.2 Å². The van der Waals surface area contributed by atoms with Crippen molar-refractivity contribution in [1.29, 1.82) is 0 Å². The van der Waals surface area contributed by atoms with Crippen LogP contribution in [0.25, 0.3) is 0 Å². The summed E-state index contributed by atoms with van der Waals surface area (Å²) >= 11 is 0. The Bertz CT molecular complexity index is 658. The molecule has 128 valence electrons. The van der Waals surface area contributed by atoms with Crippen molar-refractivity contribution in [2.24, 2.45) is 0 Å². The lowest BCUT2D eigenvalue weighted by molar-refractivity contribution is 0.0787. The number of carbonyl (C=O) groups is 1. The van der Waals surface area contributed by atoms with Crippen molar-refractivity contribution in [2.75, 3.05) is 25.5 Å². The largest absolute Gasteiger partial charge is 0.383 e. The van der Waals surface area contributed by atoms with Crippen molar-refractivity contribution < 1.29 is 9.18 Å². The smallest absolute Gasteiger partial charge is 0.272 e. The van der Waals surface area contributed by atoms with Gasteiger partial charge in [-0.15, -0.1) is 0 Å². The minimum absolute atomic E-state index is 0.0682. The van der Waals surface area contributed by atoms with Crippen molar-refractivity contribution in [3.8, 4) is 0 Å². The first-order chi connectivity index (χ1) is 11.6. The summed E-state index contributed by atoms with van der Waals surface area (Å²) in [6.45, 7) is 3.43. The number of hydrogen-bond acceptors (Lipinski definition) is 3. The average molecular weight is 329 g/mol. The van der Waals surface area contributed by atoms with Gasteiger partial charge in [-0.2, -0.15) is 0 Å². The lowest BCUT2D eigenvalue weighted by Gasteiger charge is -2.16. The number of hydrogen-bond donors (Lipinski definition) is 1. The van der Waals surface area contributed by atoms with Crippen LogP contribution in [0.4, 0.5) is 10.1 Å².